The molecule has 0 fully saturated rings. The van der Waals surface area contributed by atoms with Crippen molar-refractivity contribution in [3.63, 3.8) is 0 Å². The number of esters is 1. The second-order valence-electron chi connectivity index (χ2n) is 5.56. The zero-order chi connectivity index (χ0) is 18.1. The summed E-state index contributed by atoms with van der Waals surface area (Å²) in [6, 6.07) is 5.32. The number of aromatic nitrogens is 1. The molecule has 0 unspecified atom stereocenters. The van der Waals surface area contributed by atoms with Gasteiger partial charge in [-0.05, 0) is 31.6 Å². The number of carbonyl (C=O) groups excluding carboxylic acids is 2. The lowest BCUT2D eigenvalue weighted by atomic mass is 10.1. The summed E-state index contributed by atoms with van der Waals surface area (Å²) >= 11 is 0. The van der Waals surface area contributed by atoms with Crippen molar-refractivity contribution in [1.82, 2.24) is 10.3 Å². The van der Waals surface area contributed by atoms with Crippen LogP contribution < -0.4 is 10.1 Å². The lowest BCUT2D eigenvalue weighted by molar-refractivity contribution is -0.137. The second kappa shape index (κ2) is 9.52. The van der Waals surface area contributed by atoms with Crippen LogP contribution in [-0.4, -0.2) is 30.2 Å². The molecule has 25 heavy (non-hydrogen) atoms. The Hall–Kier alpha value is -2.76. The molecular weight excluding hydrogens is 320 g/mol. The molecule has 0 saturated carbocycles. The van der Waals surface area contributed by atoms with Gasteiger partial charge in [-0.3, -0.25) is 0 Å². The highest BCUT2D eigenvalue weighted by Crippen LogP contribution is 2.24. The van der Waals surface area contributed by atoms with E-state index in [2.05, 4.69) is 17.2 Å². The van der Waals surface area contributed by atoms with Crippen molar-refractivity contribution in [3.8, 4) is 5.75 Å². The average Bonchev–Trinajstić information content (AvgIpc) is 2.99. The zero-order valence-corrected chi connectivity index (χ0v) is 14.6. The van der Waals surface area contributed by atoms with Crippen LogP contribution in [0, 0.1) is 0 Å². The fraction of sp³-hybridized carbons (Fsp3) is 0.368. The Morgan fingerprint density at radius 3 is 2.84 bits per heavy atom. The molecule has 0 bridgehead atoms. The van der Waals surface area contributed by atoms with Gasteiger partial charge in [0.1, 0.15) is 5.75 Å². The van der Waals surface area contributed by atoms with E-state index in [-0.39, 0.29) is 5.97 Å². The van der Waals surface area contributed by atoms with Gasteiger partial charge in [-0.1, -0.05) is 19.8 Å². The van der Waals surface area contributed by atoms with Crippen LogP contribution in [0.1, 0.15) is 38.7 Å². The van der Waals surface area contributed by atoms with Crippen LogP contribution in [-0.2, 0) is 9.53 Å². The van der Waals surface area contributed by atoms with E-state index < -0.39 is 6.09 Å². The standard InChI is InChI=1S/C19H24N2O4/c1-3-5-6-11-20-19(23)25-15-8-9-16-14(13-21-17(16)12-15)7-10-18(22)24-4-2/h7-10,12-13,21H,3-6,11H2,1-2H3,(H,20,23). The number of hydrogen-bond acceptors (Lipinski definition) is 4. The molecule has 2 rings (SSSR count). The first-order valence-electron chi connectivity index (χ1n) is 8.55. The molecule has 134 valence electrons. The van der Waals surface area contributed by atoms with Crippen molar-refractivity contribution in [3.05, 3.63) is 36.0 Å². The Balaban J connectivity index is 1.99. The molecule has 0 aliphatic rings. The number of unbranched alkanes of at least 4 members (excludes halogenated alkanes) is 2. The number of fused-ring (bicyclic) bond motifs is 1. The number of H-pyrrole nitrogens is 1. The molecule has 0 spiro atoms. The summed E-state index contributed by atoms with van der Waals surface area (Å²) in [5, 5.41) is 3.66. The smallest absolute Gasteiger partial charge is 0.412 e. The first-order valence-corrected chi connectivity index (χ1v) is 8.55. The summed E-state index contributed by atoms with van der Waals surface area (Å²) in [5.41, 5.74) is 1.68. The van der Waals surface area contributed by atoms with Gasteiger partial charge >= 0.3 is 12.1 Å². The van der Waals surface area contributed by atoms with E-state index in [1.807, 2.05) is 6.07 Å². The maximum Gasteiger partial charge on any atom is 0.412 e. The van der Waals surface area contributed by atoms with E-state index in [1.165, 1.54) is 6.08 Å². The van der Waals surface area contributed by atoms with Gasteiger partial charge in [0, 0.05) is 41.4 Å². The maximum atomic E-state index is 11.7. The predicted octanol–water partition coefficient (Wildman–Crippen LogP) is 4.02. The lowest BCUT2D eigenvalue weighted by Gasteiger charge is -2.06. The second-order valence-corrected chi connectivity index (χ2v) is 5.56. The quantitative estimate of drug-likeness (QED) is 0.430. The summed E-state index contributed by atoms with van der Waals surface area (Å²) in [6.45, 7) is 4.83. The van der Waals surface area contributed by atoms with Crippen molar-refractivity contribution >= 4 is 29.0 Å². The van der Waals surface area contributed by atoms with E-state index in [4.69, 9.17) is 9.47 Å². The molecule has 1 aromatic heterocycles. The zero-order valence-electron chi connectivity index (χ0n) is 14.6. The van der Waals surface area contributed by atoms with Gasteiger partial charge in [0.25, 0.3) is 0 Å². The number of benzene rings is 1. The largest absolute Gasteiger partial charge is 0.463 e. The summed E-state index contributed by atoms with van der Waals surface area (Å²) in [7, 11) is 0. The van der Waals surface area contributed by atoms with Crippen molar-refractivity contribution < 1.29 is 19.1 Å². The molecule has 0 aliphatic carbocycles. The number of rotatable bonds is 8. The molecule has 0 saturated heterocycles. The molecule has 6 heteroatoms. The van der Waals surface area contributed by atoms with Gasteiger partial charge < -0.3 is 19.8 Å². The predicted molar refractivity (Wildman–Crippen MR) is 97.5 cm³/mol. The van der Waals surface area contributed by atoms with Crippen LogP contribution in [0.25, 0.3) is 17.0 Å². The molecule has 1 heterocycles. The monoisotopic (exact) mass is 344 g/mol. The number of hydrogen-bond donors (Lipinski definition) is 2. The topological polar surface area (TPSA) is 80.4 Å². The molecule has 2 N–H and O–H groups in total. The van der Waals surface area contributed by atoms with E-state index in [0.29, 0.717) is 18.9 Å². The Morgan fingerprint density at radius 2 is 2.08 bits per heavy atom. The Labute approximate surface area is 147 Å². The summed E-state index contributed by atoms with van der Waals surface area (Å²) in [4.78, 5) is 26.2. The Morgan fingerprint density at radius 1 is 1.24 bits per heavy atom. The number of aromatic amines is 1. The van der Waals surface area contributed by atoms with E-state index in [9.17, 15) is 9.59 Å². The van der Waals surface area contributed by atoms with E-state index in [0.717, 1.165) is 35.7 Å². The van der Waals surface area contributed by atoms with Gasteiger partial charge in [-0.15, -0.1) is 0 Å². The first kappa shape index (κ1) is 18.6. The van der Waals surface area contributed by atoms with E-state index in [1.54, 1.807) is 31.3 Å². The van der Waals surface area contributed by atoms with Crippen molar-refractivity contribution in [1.29, 1.82) is 0 Å². The third kappa shape index (κ3) is 5.67. The molecule has 6 nitrogen and oxygen atoms in total. The lowest BCUT2D eigenvalue weighted by Crippen LogP contribution is -2.27. The van der Waals surface area contributed by atoms with E-state index >= 15 is 0 Å². The average molecular weight is 344 g/mol. The fourth-order valence-corrected chi connectivity index (χ4v) is 2.39. The van der Waals surface area contributed by atoms with Crippen LogP contribution in [0.4, 0.5) is 4.79 Å². The number of ether oxygens (including phenoxy) is 2. The Kier molecular flexibility index (Phi) is 7.07. The SMILES string of the molecule is CCCCCNC(=O)Oc1ccc2c(C=CC(=O)OCC)c[nH]c2c1. The fourth-order valence-electron chi connectivity index (χ4n) is 2.39. The van der Waals surface area contributed by atoms with Crippen molar-refractivity contribution in [2.75, 3.05) is 13.2 Å². The van der Waals surface area contributed by atoms with Gasteiger partial charge in [0.15, 0.2) is 0 Å². The highest BCUT2D eigenvalue weighted by Gasteiger charge is 2.07. The minimum Gasteiger partial charge on any atom is -0.463 e. The molecular formula is C19H24N2O4. The van der Waals surface area contributed by atoms with Gasteiger partial charge in [0.2, 0.25) is 0 Å². The van der Waals surface area contributed by atoms with Crippen LogP contribution in [0.15, 0.2) is 30.5 Å². The molecule has 0 atom stereocenters. The normalized spacial score (nSPS) is 11.0. The number of carbonyl (C=O) groups is 2. The highest BCUT2D eigenvalue weighted by molar-refractivity contribution is 5.94. The highest BCUT2D eigenvalue weighted by atomic mass is 16.6. The van der Waals surface area contributed by atoms with Crippen LogP contribution >= 0.6 is 0 Å². The van der Waals surface area contributed by atoms with Gasteiger partial charge in [-0.2, -0.15) is 0 Å². The van der Waals surface area contributed by atoms with Gasteiger partial charge in [0.05, 0.1) is 6.61 Å². The first-order chi connectivity index (χ1) is 12.1. The minimum atomic E-state index is -0.454. The summed E-state index contributed by atoms with van der Waals surface area (Å²) in [5.74, 6) is 0.0832. The van der Waals surface area contributed by atoms with Gasteiger partial charge in [-0.25, -0.2) is 9.59 Å². The molecule has 2 aromatic rings. The van der Waals surface area contributed by atoms with Crippen molar-refractivity contribution in [2.45, 2.75) is 33.1 Å². The van der Waals surface area contributed by atoms with Crippen LogP contribution in [0.5, 0.6) is 5.75 Å². The van der Waals surface area contributed by atoms with Crippen molar-refractivity contribution in [2.24, 2.45) is 0 Å². The molecule has 1 amide bonds. The third-order valence-corrected chi connectivity index (χ3v) is 3.63. The third-order valence-electron chi connectivity index (χ3n) is 3.63. The Bertz CT molecular complexity index is 749. The summed E-state index contributed by atoms with van der Waals surface area (Å²) in [6.07, 6.45) is 7.54. The van der Waals surface area contributed by atoms with Crippen LogP contribution in [0.3, 0.4) is 0 Å². The number of nitrogens with one attached hydrogen (secondary N) is 2. The number of amides is 1. The van der Waals surface area contributed by atoms with Crippen LogP contribution in [0.2, 0.25) is 0 Å². The molecule has 1 aromatic carbocycles. The maximum absolute atomic E-state index is 11.7. The minimum absolute atomic E-state index is 0.346. The molecule has 0 aliphatic heterocycles. The summed E-state index contributed by atoms with van der Waals surface area (Å²) < 4.78 is 10.1. The molecule has 0 radical (unpaired) electrons.